The molecular formula is C25H26N2O4S. The molecule has 0 aliphatic carbocycles. The van der Waals surface area contributed by atoms with Gasteiger partial charge < -0.3 is 0 Å². The Morgan fingerprint density at radius 1 is 0.906 bits per heavy atom. The van der Waals surface area contributed by atoms with Gasteiger partial charge in [0.25, 0.3) is 0 Å². The molecule has 0 bridgehead atoms. The van der Waals surface area contributed by atoms with Crippen molar-refractivity contribution in [3.8, 4) is 11.3 Å². The Labute approximate surface area is 188 Å². The van der Waals surface area contributed by atoms with Crippen LogP contribution in [0.5, 0.6) is 0 Å². The molecule has 3 aromatic rings. The van der Waals surface area contributed by atoms with Crippen molar-refractivity contribution in [3.05, 3.63) is 77.7 Å². The van der Waals surface area contributed by atoms with Crippen molar-refractivity contribution in [1.29, 1.82) is 0 Å². The molecule has 0 amide bonds. The molecule has 0 aliphatic heterocycles. The van der Waals surface area contributed by atoms with Gasteiger partial charge >= 0.3 is 0 Å². The lowest BCUT2D eigenvalue weighted by atomic mass is 10.0. The van der Waals surface area contributed by atoms with Crippen LogP contribution in [0.3, 0.4) is 0 Å². The van der Waals surface area contributed by atoms with Crippen LogP contribution in [-0.2, 0) is 16.3 Å². The SMILES string of the molecule is CC(C)CC(=O)c1cccc(C(=O)CCc2ccc(-c3ccc(S(C)(=O)=O)cc3)nc2)n1. The van der Waals surface area contributed by atoms with Crippen molar-refractivity contribution in [3.63, 3.8) is 0 Å². The Kier molecular flexibility index (Phi) is 7.30. The van der Waals surface area contributed by atoms with E-state index in [0.717, 1.165) is 16.8 Å². The number of Topliss-reactive ketones (excluding diaryl/α,β-unsaturated/α-hetero) is 2. The van der Waals surface area contributed by atoms with Crippen LogP contribution in [-0.4, -0.2) is 36.2 Å². The number of nitrogens with zero attached hydrogens (tertiary/aromatic N) is 2. The first-order chi connectivity index (χ1) is 15.1. The highest BCUT2D eigenvalue weighted by Gasteiger charge is 2.14. The molecule has 7 heteroatoms. The van der Waals surface area contributed by atoms with Gasteiger partial charge in [0.05, 0.1) is 10.6 Å². The topological polar surface area (TPSA) is 94.1 Å². The average molecular weight is 451 g/mol. The molecule has 0 unspecified atom stereocenters. The minimum atomic E-state index is -3.24. The standard InChI is InChI=1S/C25H26N2O4S/c1-17(2)15-25(29)23-6-4-5-22(27-23)24(28)14-8-18-7-13-21(26-16-18)19-9-11-20(12-10-19)32(3,30)31/h4-7,9-13,16-17H,8,14-15H2,1-3H3. The molecule has 0 N–H and O–H groups in total. The van der Waals surface area contributed by atoms with Crippen molar-refractivity contribution in [1.82, 2.24) is 9.97 Å². The number of sulfone groups is 1. The first kappa shape index (κ1) is 23.5. The molecule has 3 rings (SSSR count). The van der Waals surface area contributed by atoms with Gasteiger partial charge in [0.15, 0.2) is 21.4 Å². The average Bonchev–Trinajstić information content (AvgIpc) is 2.77. The zero-order valence-electron chi connectivity index (χ0n) is 18.4. The highest BCUT2D eigenvalue weighted by atomic mass is 32.2. The van der Waals surface area contributed by atoms with Crippen molar-refractivity contribution in [2.45, 2.75) is 38.0 Å². The van der Waals surface area contributed by atoms with Crippen LogP contribution in [0.4, 0.5) is 0 Å². The molecule has 166 valence electrons. The van der Waals surface area contributed by atoms with E-state index in [1.807, 2.05) is 26.0 Å². The summed E-state index contributed by atoms with van der Waals surface area (Å²) in [4.78, 5) is 33.7. The van der Waals surface area contributed by atoms with Gasteiger partial charge in [-0.15, -0.1) is 0 Å². The van der Waals surface area contributed by atoms with E-state index in [1.54, 1.807) is 48.7 Å². The number of benzene rings is 1. The van der Waals surface area contributed by atoms with Crippen LogP contribution in [0.2, 0.25) is 0 Å². The lowest BCUT2D eigenvalue weighted by Gasteiger charge is -2.06. The monoisotopic (exact) mass is 450 g/mol. The second-order valence-electron chi connectivity index (χ2n) is 8.20. The molecule has 2 heterocycles. The number of rotatable bonds is 9. The fourth-order valence-electron chi connectivity index (χ4n) is 3.22. The van der Waals surface area contributed by atoms with E-state index >= 15 is 0 Å². The number of pyridine rings is 2. The van der Waals surface area contributed by atoms with Crippen LogP contribution in [0.25, 0.3) is 11.3 Å². The van der Waals surface area contributed by atoms with Gasteiger partial charge in [-0.2, -0.15) is 0 Å². The molecule has 0 saturated carbocycles. The normalized spacial score (nSPS) is 11.5. The summed E-state index contributed by atoms with van der Waals surface area (Å²) in [6.07, 6.45) is 4.05. The third kappa shape index (κ3) is 6.17. The van der Waals surface area contributed by atoms with Crippen LogP contribution < -0.4 is 0 Å². The van der Waals surface area contributed by atoms with E-state index in [0.29, 0.717) is 24.2 Å². The van der Waals surface area contributed by atoms with E-state index in [9.17, 15) is 18.0 Å². The number of aromatic nitrogens is 2. The zero-order valence-corrected chi connectivity index (χ0v) is 19.2. The Hall–Kier alpha value is -3.19. The number of carbonyl (C=O) groups is 2. The van der Waals surface area contributed by atoms with Gasteiger partial charge in [-0.05, 0) is 48.2 Å². The smallest absolute Gasteiger partial charge is 0.181 e. The van der Waals surface area contributed by atoms with Gasteiger partial charge in [0.2, 0.25) is 0 Å². The van der Waals surface area contributed by atoms with Crippen LogP contribution in [0.1, 0.15) is 53.2 Å². The molecule has 0 spiro atoms. The van der Waals surface area contributed by atoms with Crippen LogP contribution >= 0.6 is 0 Å². The molecular weight excluding hydrogens is 424 g/mol. The van der Waals surface area contributed by atoms with Crippen molar-refractivity contribution in [2.75, 3.05) is 6.26 Å². The Morgan fingerprint density at radius 2 is 1.56 bits per heavy atom. The number of hydrogen-bond donors (Lipinski definition) is 0. The predicted molar refractivity (Wildman–Crippen MR) is 123 cm³/mol. The lowest BCUT2D eigenvalue weighted by molar-refractivity contribution is 0.0962. The summed E-state index contributed by atoms with van der Waals surface area (Å²) in [6.45, 7) is 3.94. The van der Waals surface area contributed by atoms with Crippen molar-refractivity contribution in [2.24, 2.45) is 5.92 Å². The summed E-state index contributed by atoms with van der Waals surface area (Å²) in [5, 5.41) is 0. The molecule has 0 aliphatic rings. The summed E-state index contributed by atoms with van der Waals surface area (Å²) in [6, 6.07) is 15.3. The first-order valence-electron chi connectivity index (χ1n) is 10.4. The third-order valence-electron chi connectivity index (χ3n) is 4.96. The molecule has 2 aromatic heterocycles. The quantitative estimate of drug-likeness (QED) is 0.443. The van der Waals surface area contributed by atoms with E-state index < -0.39 is 9.84 Å². The maximum Gasteiger partial charge on any atom is 0.181 e. The zero-order chi connectivity index (χ0) is 23.3. The van der Waals surface area contributed by atoms with Crippen molar-refractivity contribution < 1.29 is 18.0 Å². The first-order valence-corrected chi connectivity index (χ1v) is 12.3. The highest BCUT2D eigenvalue weighted by molar-refractivity contribution is 7.90. The predicted octanol–water partition coefficient (Wildman–Crippen LogP) is 4.59. The Balaban J connectivity index is 1.63. The molecule has 0 fully saturated rings. The van der Waals surface area contributed by atoms with Gasteiger partial charge in [-0.1, -0.05) is 38.1 Å². The van der Waals surface area contributed by atoms with Crippen LogP contribution in [0, 0.1) is 5.92 Å². The highest BCUT2D eigenvalue weighted by Crippen LogP contribution is 2.20. The molecule has 1 aromatic carbocycles. The molecule has 32 heavy (non-hydrogen) atoms. The maximum atomic E-state index is 12.6. The van der Waals surface area contributed by atoms with E-state index in [-0.39, 0.29) is 28.8 Å². The Morgan fingerprint density at radius 3 is 2.12 bits per heavy atom. The summed E-state index contributed by atoms with van der Waals surface area (Å²) in [7, 11) is -3.24. The molecule has 0 saturated heterocycles. The van der Waals surface area contributed by atoms with Gasteiger partial charge in [-0.3, -0.25) is 14.6 Å². The summed E-state index contributed by atoms with van der Waals surface area (Å²) in [5.41, 5.74) is 3.07. The summed E-state index contributed by atoms with van der Waals surface area (Å²) >= 11 is 0. The minimum Gasteiger partial charge on any atom is -0.292 e. The number of aryl methyl sites for hydroxylation is 1. The van der Waals surface area contributed by atoms with Gasteiger partial charge in [-0.25, -0.2) is 13.4 Å². The fraction of sp³-hybridized carbons (Fsp3) is 0.280. The number of carbonyl (C=O) groups excluding carboxylic acids is 2. The third-order valence-corrected chi connectivity index (χ3v) is 6.09. The van der Waals surface area contributed by atoms with E-state index in [1.165, 1.54) is 6.26 Å². The fourth-order valence-corrected chi connectivity index (χ4v) is 3.85. The second-order valence-corrected chi connectivity index (χ2v) is 10.2. The Bertz CT molecular complexity index is 1220. The van der Waals surface area contributed by atoms with Gasteiger partial charge in [0, 0.05) is 30.9 Å². The summed E-state index contributed by atoms with van der Waals surface area (Å²) in [5.74, 6) is 0.0559. The summed E-state index contributed by atoms with van der Waals surface area (Å²) < 4.78 is 23.2. The maximum absolute atomic E-state index is 12.6. The van der Waals surface area contributed by atoms with E-state index in [4.69, 9.17) is 0 Å². The molecule has 0 atom stereocenters. The number of ketones is 2. The molecule has 0 radical (unpaired) electrons. The second kappa shape index (κ2) is 9.96. The lowest BCUT2D eigenvalue weighted by Crippen LogP contribution is -2.10. The number of hydrogen-bond acceptors (Lipinski definition) is 6. The van der Waals surface area contributed by atoms with Gasteiger partial charge in [0.1, 0.15) is 11.4 Å². The minimum absolute atomic E-state index is 0.0565. The molecule has 6 nitrogen and oxygen atoms in total. The van der Waals surface area contributed by atoms with Crippen LogP contribution in [0.15, 0.2) is 65.7 Å². The largest absolute Gasteiger partial charge is 0.292 e. The van der Waals surface area contributed by atoms with E-state index in [2.05, 4.69) is 9.97 Å². The van der Waals surface area contributed by atoms with Crippen molar-refractivity contribution >= 4 is 21.4 Å².